The molecule has 0 bridgehead atoms. The average Bonchev–Trinajstić information content (AvgIpc) is 2.74. The monoisotopic (exact) mass is 444 g/mol. The van der Waals surface area contributed by atoms with Gasteiger partial charge in [0.15, 0.2) is 6.61 Å². The number of ether oxygens (including phenoxy) is 1. The van der Waals surface area contributed by atoms with E-state index in [1.54, 1.807) is 44.3 Å². The lowest BCUT2D eigenvalue weighted by Gasteiger charge is -2.18. The largest absolute Gasteiger partial charge is 0.483 e. The zero-order chi connectivity index (χ0) is 21.7. The first-order valence-corrected chi connectivity index (χ1v) is 11.0. The van der Waals surface area contributed by atoms with Crippen molar-refractivity contribution in [2.24, 2.45) is 0 Å². The third-order valence-electron chi connectivity index (χ3n) is 4.42. The molecule has 0 saturated carbocycles. The Bertz CT molecular complexity index is 1130. The number of aryl methyl sites for hydroxylation is 1. The second-order valence-corrected chi connectivity index (χ2v) is 8.74. The Morgan fingerprint density at radius 2 is 1.70 bits per heavy atom. The number of nitrogens with zero attached hydrogens (tertiary/aromatic N) is 1. The number of hydrogen-bond acceptors (Lipinski definition) is 4. The summed E-state index contributed by atoms with van der Waals surface area (Å²) >= 11 is 5.83. The molecule has 0 spiro atoms. The standard InChI is InChI=1S/C22H21ClN2O4S/c1-16-14-20(30(27,28)24-18-10-8-17(23)9-11-18)12-13-21(16)29-15-22(26)25(2)19-6-4-3-5-7-19/h3-14,24H,15H2,1-2H3. The predicted octanol–water partition coefficient (Wildman–Crippen LogP) is 4.49. The molecule has 0 fully saturated rings. The molecule has 30 heavy (non-hydrogen) atoms. The third-order valence-corrected chi connectivity index (χ3v) is 6.05. The first-order valence-electron chi connectivity index (χ1n) is 9.10. The quantitative estimate of drug-likeness (QED) is 0.582. The van der Waals surface area contributed by atoms with Gasteiger partial charge in [0.05, 0.1) is 4.90 Å². The number of likely N-dealkylation sites (N-methyl/N-ethyl adjacent to an activating group) is 1. The van der Waals surface area contributed by atoms with E-state index in [-0.39, 0.29) is 17.4 Å². The van der Waals surface area contributed by atoms with Gasteiger partial charge in [-0.05, 0) is 67.1 Å². The van der Waals surface area contributed by atoms with Gasteiger partial charge >= 0.3 is 0 Å². The minimum Gasteiger partial charge on any atom is -0.483 e. The molecule has 0 saturated heterocycles. The highest BCUT2D eigenvalue weighted by Gasteiger charge is 2.17. The number of anilines is 2. The molecule has 3 aromatic rings. The van der Waals surface area contributed by atoms with Gasteiger partial charge in [0.25, 0.3) is 15.9 Å². The van der Waals surface area contributed by atoms with Crippen LogP contribution in [0.2, 0.25) is 5.02 Å². The van der Waals surface area contributed by atoms with E-state index in [4.69, 9.17) is 16.3 Å². The Labute approximate surface area is 181 Å². The molecule has 8 heteroatoms. The molecule has 3 aromatic carbocycles. The Balaban J connectivity index is 1.67. The van der Waals surface area contributed by atoms with Gasteiger partial charge in [0.2, 0.25) is 0 Å². The fourth-order valence-electron chi connectivity index (χ4n) is 2.71. The molecule has 3 rings (SSSR count). The van der Waals surface area contributed by atoms with Gasteiger partial charge in [-0.1, -0.05) is 29.8 Å². The van der Waals surface area contributed by atoms with Crippen molar-refractivity contribution >= 4 is 38.9 Å². The second kappa shape index (κ2) is 9.19. The summed E-state index contributed by atoms with van der Waals surface area (Å²) in [5.41, 5.74) is 1.77. The summed E-state index contributed by atoms with van der Waals surface area (Å²) in [4.78, 5) is 14.0. The lowest BCUT2D eigenvalue weighted by molar-refractivity contribution is -0.120. The smallest absolute Gasteiger partial charge is 0.264 e. The Morgan fingerprint density at radius 1 is 1.03 bits per heavy atom. The molecule has 0 radical (unpaired) electrons. The van der Waals surface area contributed by atoms with Crippen molar-refractivity contribution in [2.45, 2.75) is 11.8 Å². The van der Waals surface area contributed by atoms with Gasteiger partial charge in [-0.2, -0.15) is 0 Å². The maximum atomic E-state index is 12.6. The summed E-state index contributed by atoms with van der Waals surface area (Å²) in [5.74, 6) is 0.219. The SMILES string of the molecule is Cc1cc(S(=O)(=O)Nc2ccc(Cl)cc2)ccc1OCC(=O)N(C)c1ccccc1. The van der Waals surface area contributed by atoms with Crippen LogP contribution >= 0.6 is 11.6 Å². The molecule has 0 atom stereocenters. The Hall–Kier alpha value is -3.03. The van der Waals surface area contributed by atoms with E-state index in [0.29, 0.717) is 22.0 Å². The predicted molar refractivity (Wildman–Crippen MR) is 119 cm³/mol. The number of sulfonamides is 1. The number of carbonyl (C=O) groups excluding carboxylic acids is 1. The highest BCUT2D eigenvalue weighted by Crippen LogP contribution is 2.24. The van der Waals surface area contributed by atoms with Gasteiger partial charge in [0.1, 0.15) is 5.75 Å². The second-order valence-electron chi connectivity index (χ2n) is 6.62. The van der Waals surface area contributed by atoms with Crippen LogP contribution in [0.3, 0.4) is 0 Å². The lowest BCUT2D eigenvalue weighted by atomic mass is 10.2. The molecular weight excluding hydrogens is 424 g/mol. The van der Waals surface area contributed by atoms with Crippen molar-refractivity contribution < 1.29 is 17.9 Å². The van der Waals surface area contributed by atoms with Crippen LogP contribution in [0, 0.1) is 6.92 Å². The summed E-state index contributed by atoms with van der Waals surface area (Å²) in [6.07, 6.45) is 0. The zero-order valence-electron chi connectivity index (χ0n) is 16.5. The lowest BCUT2D eigenvalue weighted by Crippen LogP contribution is -2.31. The van der Waals surface area contributed by atoms with Crippen molar-refractivity contribution in [3.05, 3.63) is 83.4 Å². The Kier molecular flexibility index (Phi) is 6.64. The number of halogens is 1. The van der Waals surface area contributed by atoms with Crippen LogP contribution in [-0.4, -0.2) is 28.0 Å². The normalized spacial score (nSPS) is 11.0. The molecule has 0 aliphatic rings. The van der Waals surface area contributed by atoms with Crippen molar-refractivity contribution in [2.75, 3.05) is 23.3 Å². The molecule has 0 aliphatic heterocycles. The molecule has 156 valence electrons. The van der Waals surface area contributed by atoms with Crippen molar-refractivity contribution in [3.63, 3.8) is 0 Å². The summed E-state index contributed by atoms with van der Waals surface area (Å²) < 4.78 is 33.4. The van der Waals surface area contributed by atoms with Crippen LogP contribution in [0.4, 0.5) is 11.4 Å². The Morgan fingerprint density at radius 3 is 2.33 bits per heavy atom. The van der Waals surface area contributed by atoms with Crippen LogP contribution in [0.1, 0.15) is 5.56 Å². The zero-order valence-corrected chi connectivity index (χ0v) is 18.1. The number of nitrogens with one attached hydrogen (secondary N) is 1. The molecule has 1 amide bonds. The van der Waals surface area contributed by atoms with Gasteiger partial charge in [-0.15, -0.1) is 0 Å². The van der Waals surface area contributed by atoms with Crippen LogP contribution in [0.5, 0.6) is 5.75 Å². The van der Waals surface area contributed by atoms with E-state index >= 15 is 0 Å². The molecule has 0 aliphatic carbocycles. The molecule has 0 aromatic heterocycles. The minimum atomic E-state index is -3.77. The number of rotatable bonds is 7. The summed E-state index contributed by atoms with van der Waals surface area (Å²) in [5, 5.41) is 0.516. The van der Waals surface area contributed by atoms with Gasteiger partial charge in [-0.3, -0.25) is 9.52 Å². The van der Waals surface area contributed by atoms with Crippen molar-refractivity contribution in [3.8, 4) is 5.75 Å². The maximum Gasteiger partial charge on any atom is 0.264 e. The van der Waals surface area contributed by atoms with Crippen molar-refractivity contribution in [1.29, 1.82) is 0 Å². The minimum absolute atomic E-state index is 0.0926. The van der Waals surface area contributed by atoms with E-state index in [9.17, 15) is 13.2 Å². The summed E-state index contributed by atoms with van der Waals surface area (Å²) in [6.45, 7) is 1.56. The molecule has 0 unspecified atom stereocenters. The molecule has 1 N–H and O–H groups in total. The van der Waals surface area contributed by atoms with E-state index in [0.717, 1.165) is 5.69 Å². The number of hydrogen-bond donors (Lipinski definition) is 1. The number of amides is 1. The van der Waals surface area contributed by atoms with Crippen LogP contribution in [-0.2, 0) is 14.8 Å². The number of carbonyl (C=O) groups is 1. The highest BCUT2D eigenvalue weighted by atomic mass is 35.5. The van der Waals surface area contributed by atoms with Crippen LogP contribution < -0.4 is 14.4 Å². The fraction of sp³-hybridized carbons (Fsp3) is 0.136. The van der Waals surface area contributed by atoms with Gasteiger partial charge in [-0.25, -0.2) is 8.42 Å². The first kappa shape index (κ1) is 21.7. The fourth-order valence-corrected chi connectivity index (χ4v) is 3.98. The third kappa shape index (κ3) is 5.31. The van der Waals surface area contributed by atoms with E-state index in [1.165, 1.54) is 17.0 Å². The van der Waals surface area contributed by atoms with E-state index < -0.39 is 10.0 Å². The highest BCUT2D eigenvalue weighted by molar-refractivity contribution is 7.92. The summed E-state index contributed by atoms with van der Waals surface area (Å²) in [6, 6.07) is 20.1. The number of benzene rings is 3. The van der Waals surface area contributed by atoms with Crippen LogP contribution in [0.15, 0.2) is 77.7 Å². The topological polar surface area (TPSA) is 75.7 Å². The van der Waals surface area contributed by atoms with Crippen molar-refractivity contribution in [1.82, 2.24) is 0 Å². The van der Waals surface area contributed by atoms with E-state index in [1.807, 2.05) is 30.3 Å². The maximum absolute atomic E-state index is 12.6. The van der Waals surface area contributed by atoms with Gasteiger partial charge < -0.3 is 9.64 Å². The van der Waals surface area contributed by atoms with Crippen LogP contribution in [0.25, 0.3) is 0 Å². The molecule has 0 heterocycles. The summed E-state index contributed by atoms with van der Waals surface area (Å²) in [7, 11) is -2.10. The first-order chi connectivity index (χ1) is 14.3. The molecular formula is C22H21ClN2O4S. The van der Waals surface area contributed by atoms with E-state index in [2.05, 4.69) is 4.72 Å². The van der Waals surface area contributed by atoms with Gasteiger partial charge in [0, 0.05) is 23.4 Å². The number of para-hydroxylation sites is 1. The molecule has 6 nitrogen and oxygen atoms in total. The average molecular weight is 445 g/mol.